The van der Waals surface area contributed by atoms with E-state index in [1.807, 2.05) is 35.4 Å². The predicted molar refractivity (Wildman–Crippen MR) is 144 cm³/mol. The zero-order valence-electron chi connectivity index (χ0n) is 21.9. The van der Waals surface area contributed by atoms with Crippen LogP contribution < -0.4 is 5.32 Å². The molecule has 1 aliphatic rings. The van der Waals surface area contributed by atoms with Gasteiger partial charge in [-0.15, -0.1) is 0 Å². The van der Waals surface area contributed by atoms with Crippen LogP contribution in [0.1, 0.15) is 61.2 Å². The summed E-state index contributed by atoms with van der Waals surface area (Å²) in [5.41, 5.74) is 3.61. The molecule has 2 aromatic carbocycles. The maximum absolute atomic E-state index is 13.3. The molecule has 4 rings (SSSR count). The number of rotatable bonds is 7. The number of nitrogens with one attached hydrogen (secondary N) is 2. The monoisotopic (exact) mass is 567 g/mol. The van der Waals surface area contributed by atoms with Crippen LogP contribution in [0, 0.1) is 0 Å². The van der Waals surface area contributed by atoms with E-state index in [0.29, 0.717) is 11.6 Å². The number of halogens is 4. The van der Waals surface area contributed by atoms with E-state index in [-0.39, 0.29) is 24.0 Å². The number of aromatic nitrogens is 1. The largest absolute Gasteiger partial charge is 0.490 e. The van der Waals surface area contributed by atoms with Crippen molar-refractivity contribution in [1.82, 2.24) is 15.2 Å². The number of H-pyrrole nitrogens is 1. The number of alkyl halides is 3. The number of fused-ring (bicyclic) bond motifs is 1. The second-order valence-electron chi connectivity index (χ2n) is 9.92. The third-order valence-corrected chi connectivity index (χ3v) is 7.11. The molecule has 0 unspecified atom stereocenters. The summed E-state index contributed by atoms with van der Waals surface area (Å²) in [5, 5.41) is 22.7. The van der Waals surface area contributed by atoms with E-state index in [1.54, 1.807) is 12.1 Å². The highest BCUT2D eigenvalue weighted by molar-refractivity contribution is 6.30. The first-order chi connectivity index (χ1) is 18.3. The van der Waals surface area contributed by atoms with Crippen molar-refractivity contribution < 1.29 is 33.0 Å². The van der Waals surface area contributed by atoms with E-state index in [9.17, 15) is 23.1 Å². The molecule has 2 heterocycles. The van der Waals surface area contributed by atoms with Gasteiger partial charge in [-0.3, -0.25) is 4.79 Å². The van der Waals surface area contributed by atoms with Crippen LogP contribution in [0.25, 0.3) is 10.9 Å². The summed E-state index contributed by atoms with van der Waals surface area (Å²) in [4.78, 5) is 27.6. The lowest BCUT2D eigenvalue weighted by Crippen LogP contribution is -2.38. The Hall–Kier alpha value is -3.08. The summed E-state index contributed by atoms with van der Waals surface area (Å²) in [6.45, 7) is 6.81. The molecule has 1 aliphatic heterocycles. The van der Waals surface area contributed by atoms with Gasteiger partial charge in [0.05, 0.1) is 17.2 Å². The molecule has 1 saturated heterocycles. The molecule has 1 aromatic heterocycles. The number of benzene rings is 2. The van der Waals surface area contributed by atoms with Crippen LogP contribution in [0.5, 0.6) is 0 Å². The van der Waals surface area contributed by atoms with Gasteiger partial charge in [0.2, 0.25) is 0 Å². The second-order valence-corrected chi connectivity index (χ2v) is 10.4. The Morgan fingerprint density at radius 2 is 1.77 bits per heavy atom. The van der Waals surface area contributed by atoms with E-state index < -0.39 is 18.2 Å². The minimum atomic E-state index is -5.08. The van der Waals surface area contributed by atoms with E-state index in [0.717, 1.165) is 46.9 Å². The highest BCUT2D eigenvalue weighted by atomic mass is 35.5. The number of likely N-dealkylation sites (tertiary alicyclic amines) is 1. The van der Waals surface area contributed by atoms with Gasteiger partial charge >= 0.3 is 12.1 Å². The van der Waals surface area contributed by atoms with Crippen molar-refractivity contribution in [1.29, 1.82) is 0 Å². The summed E-state index contributed by atoms with van der Waals surface area (Å²) in [6.07, 6.45) is -0.792. The standard InChI is InChI=1S/C26H32ClN3O2.C2HF3O2/c1-16(28-15-24(31)19-6-4-7-21(27)13-19)12-20-14-29-25-22(20)8-5-9-23(25)26(32)30-17(2)10-11-18(30)3;3-2(4,5)1(6)7/h4-9,13-14,16-18,24,28-29,31H,10-12,15H2,1-3H3;(H,6,7)/t16-,17-,18-,24+;/m1./s1. The number of aliphatic hydroxyl groups excluding tert-OH is 1. The van der Waals surface area contributed by atoms with Crippen molar-refractivity contribution in [3.63, 3.8) is 0 Å². The first-order valence-corrected chi connectivity index (χ1v) is 13.1. The topological polar surface area (TPSA) is 106 Å². The number of hydrogen-bond acceptors (Lipinski definition) is 4. The maximum atomic E-state index is 13.3. The van der Waals surface area contributed by atoms with Crippen molar-refractivity contribution in [2.45, 2.75) is 70.4 Å². The van der Waals surface area contributed by atoms with Crippen molar-refractivity contribution in [2.75, 3.05) is 6.54 Å². The molecule has 212 valence electrons. The summed E-state index contributed by atoms with van der Waals surface area (Å²) >= 11 is 6.03. The number of aromatic amines is 1. The SMILES string of the molecule is C[C@H](Cc1c[nH]c2c(C(=O)N3[C@H](C)CC[C@H]3C)cccc12)NC[C@H](O)c1cccc(Cl)c1.O=C(O)C(F)(F)F. The molecule has 0 radical (unpaired) electrons. The lowest BCUT2D eigenvalue weighted by Gasteiger charge is -2.26. The summed E-state index contributed by atoms with van der Waals surface area (Å²) in [6, 6.07) is 14.0. The van der Waals surface area contributed by atoms with Crippen LogP contribution in [0.15, 0.2) is 48.7 Å². The summed E-state index contributed by atoms with van der Waals surface area (Å²) < 4.78 is 31.7. The Morgan fingerprint density at radius 3 is 2.36 bits per heavy atom. The molecule has 4 N–H and O–H groups in total. The third kappa shape index (κ3) is 7.74. The van der Waals surface area contributed by atoms with Crippen molar-refractivity contribution in [3.05, 3.63) is 70.4 Å². The zero-order chi connectivity index (χ0) is 28.9. The van der Waals surface area contributed by atoms with Gasteiger partial charge in [-0.25, -0.2) is 4.79 Å². The Bertz CT molecular complexity index is 1290. The van der Waals surface area contributed by atoms with Gasteiger partial charge in [-0.1, -0.05) is 35.9 Å². The van der Waals surface area contributed by atoms with Gasteiger partial charge in [0.15, 0.2) is 0 Å². The Labute approximate surface area is 230 Å². The van der Waals surface area contributed by atoms with E-state index >= 15 is 0 Å². The third-order valence-electron chi connectivity index (χ3n) is 6.88. The number of hydrogen-bond donors (Lipinski definition) is 4. The van der Waals surface area contributed by atoms with Crippen LogP contribution in [-0.2, 0) is 11.2 Å². The average Bonchev–Trinajstić information content (AvgIpc) is 3.44. The highest BCUT2D eigenvalue weighted by Gasteiger charge is 2.38. The normalized spacial score (nSPS) is 18.9. The fourth-order valence-corrected chi connectivity index (χ4v) is 5.04. The van der Waals surface area contributed by atoms with Crippen LogP contribution in [0.3, 0.4) is 0 Å². The minimum Gasteiger partial charge on any atom is -0.475 e. The number of amides is 1. The number of aliphatic hydroxyl groups is 1. The van der Waals surface area contributed by atoms with Gasteiger partial charge in [0, 0.05) is 41.3 Å². The Balaban J connectivity index is 0.000000532. The molecule has 3 aromatic rings. The minimum absolute atomic E-state index is 0.109. The smallest absolute Gasteiger partial charge is 0.475 e. The predicted octanol–water partition coefficient (Wildman–Crippen LogP) is 5.72. The van der Waals surface area contributed by atoms with E-state index in [1.165, 1.54) is 0 Å². The van der Waals surface area contributed by atoms with Crippen molar-refractivity contribution >= 4 is 34.4 Å². The number of carboxylic acids is 1. The quantitative estimate of drug-likeness (QED) is 0.292. The summed E-state index contributed by atoms with van der Waals surface area (Å²) in [7, 11) is 0. The van der Waals surface area contributed by atoms with Gasteiger partial charge in [0.1, 0.15) is 0 Å². The average molecular weight is 568 g/mol. The zero-order valence-corrected chi connectivity index (χ0v) is 22.7. The molecule has 0 saturated carbocycles. The van der Waals surface area contributed by atoms with Crippen molar-refractivity contribution in [2.24, 2.45) is 0 Å². The Morgan fingerprint density at radius 1 is 1.15 bits per heavy atom. The number of para-hydroxylation sites is 1. The number of aliphatic carboxylic acids is 1. The highest BCUT2D eigenvalue weighted by Crippen LogP contribution is 2.29. The molecule has 11 heteroatoms. The lowest BCUT2D eigenvalue weighted by molar-refractivity contribution is -0.192. The van der Waals surface area contributed by atoms with Crippen LogP contribution in [0.2, 0.25) is 5.02 Å². The molecule has 7 nitrogen and oxygen atoms in total. The number of nitrogens with zero attached hydrogens (tertiary/aromatic N) is 1. The van der Waals surface area contributed by atoms with Gasteiger partial charge in [0.25, 0.3) is 5.91 Å². The molecule has 0 bridgehead atoms. The molecule has 0 spiro atoms. The second kappa shape index (κ2) is 12.8. The first-order valence-electron chi connectivity index (χ1n) is 12.7. The number of carbonyl (C=O) groups is 2. The van der Waals surface area contributed by atoms with Gasteiger partial charge < -0.3 is 25.4 Å². The molecule has 1 amide bonds. The van der Waals surface area contributed by atoms with Crippen LogP contribution >= 0.6 is 11.6 Å². The lowest BCUT2D eigenvalue weighted by atomic mass is 10.0. The molecule has 4 atom stereocenters. The fourth-order valence-electron chi connectivity index (χ4n) is 4.84. The van der Waals surface area contributed by atoms with Crippen molar-refractivity contribution in [3.8, 4) is 0 Å². The molecule has 0 aliphatic carbocycles. The first kappa shape index (κ1) is 30.5. The molecular formula is C28H33ClF3N3O4. The Kier molecular flexibility index (Phi) is 10.0. The maximum Gasteiger partial charge on any atom is 0.490 e. The van der Waals surface area contributed by atoms with Crippen LogP contribution in [0.4, 0.5) is 13.2 Å². The number of carbonyl (C=O) groups excluding carboxylic acids is 1. The van der Waals surface area contributed by atoms with Gasteiger partial charge in [-0.05, 0) is 69.4 Å². The molecule has 39 heavy (non-hydrogen) atoms. The molecular weight excluding hydrogens is 535 g/mol. The summed E-state index contributed by atoms with van der Waals surface area (Å²) in [5.74, 6) is -2.65. The molecule has 1 fully saturated rings. The van der Waals surface area contributed by atoms with Crippen LogP contribution in [-0.4, -0.2) is 62.8 Å². The fraction of sp³-hybridized carbons (Fsp3) is 0.429. The van der Waals surface area contributed by atoms with E-state index in [2.05, 4.69) is 37.1 Å². The number of carboxylic acid groups (broad SMARTS) is 1. The van der Waals surface area contributed by atoms with E-state index in [4.69, 9.17) is 21.5 Å². The van der Waals surface area contributed by atoms with Gasteiger partial charge in [-0.2, -0.15) is 13.2 Å².